The highest BCUT2D eigenvalue weighted by Gasteiger charge is 2.24. The van der Waals surface area contributed by atoms with Crippen molar-refractivity contribution in [1.82, 2.24) is 0 Å². The molecule has 1 unspecified atom stereocenters. The zero-order chi connectivity index (χ0) is 13.1. The molecule has 0 bridgehead atoms. The maximum atomic E-state index is 11.6. The number of hydrogen-bond donors (Lipinski definition) is 0. The van der Waals surface area contributed by atoms with Crippen molar-refractivity contribution in [1.29, 1.82) is 0 Å². The number of benzene rings is 1. The first-order chi connectivity index (χ1) is 7.88. The number of hydrogen-bond acceptors (Lipinski definition) is 6. The highest BCUT2D eigenvalue weighted by Crippen LogP contribution is 2.32. The molecule has 0 spiro atoms. The lowest BCUT2D eigenvalue weighted by molar-refractivity contribution is -0.0962. The third kappa shape index (κ3) is 3.93. The predicted molar refractivity (Wildman–Crippen MR) is 61.8 cm³/mol. The van der Waals surface area contributed by atoms with Gasteiger partial charge < -0.3 is 4.52 Å². The van der Waals surface area contributed by atoms with E-state index in [0.717, 1.165) is 7.11 Å². The van der Waals surface area contributed by atoms with Gasteiger partial charge in [-0.15, -0.1) is 4.67 Å². The topological polar surface area (TPSA) is 78.9 Å². The van der Waals surface area contributed by atoms with Gasteiger partial charge >= 0.3 is 18.4 Å². The van der Waals surface area contributed by atoms with Crippen molar-refractivity contribution in [2.75, 3.05) is 7.11 Å². The average molecular weight is 321 g/mol. The molecule has 0 saturated heterocycles. The Morgan fingerprint density at radius 2 is 1.76 bits per heavy atom. The fourth-order valence-electron chi connectivity index (χ4n) is 0.862. The molecule has 96 valence electrons. The summed E-state index contributed by atoms with van der Waals surface area (Å²) in [7, 11) is -6.33. The van der Waals surface area contributed by atoms with Crippen molar-refractivity contribution in [3.63, 3.8) is 0 Å². The van der Waals surface area contributed by atoms with Gasteiger partial charge in [-0.3, -0.25) is 4.57 Å². The van der Waals surface area contributed by atoms with Crippen LogP contribution in [0.5, 0.6) is 0 Å². The standard InChI is InChI=1S/C7H7Cl2O6PS/c1-13-16(10)14-15-17(11,12)7-5(8)3-2-4-6(7)9/h2-4,16H,1H3. The Balaban J connectivity index is 3.02. The Morgan fingerprint density at radius 1 is 1.24 bits per heavy atom. The van der Waals surface area contributed by atoms with E-state index in [4.69, 9.17) is 23.2 Å². The van der Waals surface area contributed by atoms with E-state index in [1.807, 2.05) is 0 Å². The summed E-state index contributed by atoms with van der Waals surface area (Å²) in [5.74, 6) is 0. The first-order valence-electron chi connectivity index (χ1n) is 4.01. The van der Waals surface area contributed by atoms with Crippen molar-refractivity contribution in [2.45, 2.75) is 4.90 Å². The first-order valence-corrected chi connectivity index (χ1v) is 7.40. The summed E-state index contributed by atoms with van der Waals surface area (Å²) in [5.41, 5.74) is 0. The van der Waals surface area contributed by atoms with E-state index in [2.05, 4.69) is 13.5 Å². The van der Waals surface area contributed by atoms with Crippen molar-refractivity contribution < 1.29 is 26.5 Å². The van der Waals surface area contributed by atoms with Crippen LogP contribution in [0.4, 0.5) is 0 Å². The van der Waals surface area contributed by atoms with Gasteiger partial charge in [-0.2, -0.15) is 8.42 Å². The molecule has 1 rings (SSSR count). The minimum atomic E-state index is -4.37. The fourth-order valence-corrected chi connectivity index (χ4v) is 3.16. The average Bonchev–Trinajstić information content (AvgIpc) is 2.25. The van der Waals surface area contributed by atoms with Gasteiger partial charge in [0.2, 0.25) is 0 Å². The number of rotatable bonds is 5. The van der Waals surface area contributed by atoms with Gasteiger partial charge in [0.25, 0.3) is 0 Å². The Kier molecular flexibility index (Phi) is 5.40. The summed E-state index contributed by atoms with van der Waals surface area (Å²) in [6, 6.07) is 4.08. The smallest absolute Gasteiger partial charge is 0.312 e. The highest BCUT2D eigenvalue weighted by molar-refractivity contribution is 7.87. The predicted octanol–water partition coefficient (Wildman–Crippen LogP) is 2.67. The SMILES string of the molecule is CO[PH](=O)OOS(=O)(=O)c1c(Cl)cccc1Cl. The van der Waals surface area contributed by atoms with Gasteiger partial charge in [0.15, 0.2) is 0 Å². The van der Waals surface area contributed by atoms with Gasteiger partial charge in [-0.05, 0) is 12.1 Å². The molecule has 0 amide bonds. The Morgan fingerprint density at radius 3 is 2.24 bits per heavy atom. The largest absolute Gasteiger partial charge is 0.348 e. The molecule has 1 atom stereocenters. The van der Waals surface area contributed by atoms with Crippen LogP contribution in [0.1, 0.15) is 0 Å². The van der Waals surface area contributed by atoms with Crippen LogP contribution >= 0.6 is 31.5 Å². The van der Waals surface area contributed by atoms with Crippen LogP contribution in [0.2, 0.25) is 10.0 Å². The molecule has 0 aromatic heterocycles. The molecule has 0 aliphatic rings. The molecule has 0 heterocycles. The summed E-state index contributed by atoms with van der Waals surface area (Å²) in [6.45, 7) is 0. The van der Waals surface area contributed by atoms with E-state index in [0.29, 0.717) is 0 Å². The second-order valence-electron chi connectivity index (χ2n) is 2.61. The Labute approximate surface area is 108 Å². The minimum absolute atomic E-state index is 0.141. The van der Waals surface area contributed by atoms with Crippen LogP contribution in [0, 0.1) is 0 Å². The van der Waals surface area contributed by atoms with E-state index in [-0.39, 0.29) is 10.0 Å². The molecule has 0 N–H and O–H groups in total. The van der Waals surface area contributed by atoms with E-state index < -0.39 is 23.3 Å². The molecule has 0 saturated carbocycles. The molecule has 0 fully saturated rings. The van der Waals surface area contributed by atoms with Crippen LogP contribution in [0.25, 0.3) is 0 Å². The normalized spacial score (nSPS) is 13.6. The van der Waals surface area contributed by atoms with Crippen molar-refractivity contribution in [3.05, 3.63) is 28.2 Å². The second kappa shape index (κ2) is 6.15. The maximum Gasteiger partial charge on any atom is 0.348 e. The highest BCUT2D eigenvalue weighted by atomic mass is 35.5. The molecule has 1 aromatic carbocycles. The molecule has 10 heteroatoms. The van der Waals surface area contributed by atoms with Crippen molar-refractivity contribution >= 4 is 41.6 Å². The quantitative estimate of drug-likeness (QED) is 0.471. The monoisotopic (exact) mass is 320 g/mol. The molecule has 1 aromatic rings. The lowest BCUT2D eigenvalue weighted by Gasteiger charge is -2.06. The molecule has 6 nitrogen and oxygen atoms in total. The maximum absolute atomic E-state index is 11.6. The van der Waals surface area contributed by atoms with Crippen LogP contribution in [-0.4, -0.2) is 15.5 Å². The summed E-state index contributed by atoms with van der Waals surface area (Å²) in [6.07, 6.45) is 0. The minimum Gasteiger partial charge on any atom is -0.312 e. The lowest BCUT2D eigenvalue weighted by Crippen LogP contribution is -2.06. The van der Waals surface area contributed by atoms with Crippen LogP contribution in [0.15, 0.2) is 23.1 Å². The Bertz CT molecular complexity index is 511. The van der Waals surface area contributed by atoms with Gasteiger partial charge in [0, 0.05) is 7.11 Å². The van der Waals surface area contributed by atoms with Crippen LogP contribution in [0.3, 0.4) is 0 Å². The zero-order valence-electron chi connectivity index (χ0n) is 8.35. The second-order valence-corrected chi connectivity index (χ2v) is 5.95. The zero-order valence-corrected chi connectivity index (χ0v) is 11.7. The third-order valence-corrected chi connectivity index (χ3v) is 4.24. The van der Waals surface area contributed by atoms with Gasteiger partial charge in [0.1, 0.15) is 4.90 Å². The Hall–Kier alpha value is -0.140. The van der Waals surface area contributed by atoms with Crippen molar-refractivity contribution in [3.8, 4) is 0 Å². The fraction of sp³-hybridized carbons (Fsp3) is 0.143. The van der Waals surface area contributed by atoms with Crippen molar-refractivity contribution in [2.24, 2.45) is 0 Å². The summed E-state index contributed by atoms with van der Waals surface area (Å²) >= 11 is 11.3. The van der Waals surface area contributed by atoms with Gasteiger partial charge in [-0.1, -0.05) is 33.6 Å². The summed E-state index contributed by atoms with van der Waals surface area (Å²) < 4.78 is 46.2. The van der Waals surface area contributed by atoms with Gasteiger partial charge in [-0.25, -0.2) is 0 Å². The first kappa shape index (κ1) is 14.9. The number of halogens is 2. The summed E-state index contributed by atoms with van der Waals surface area (Å²) in [5, 5.41) is -0.281. The van der Waals surface area contributed by atoms with Crippen LogP contribution in [-0.2, 0) is 28.2 Å². The molecule has 0 aliphatic carbocycles. The summed E-state index contributed by atoms with van der Waals surface area (Å²) in [4.78, 5) is -0.464. The van der Waals surface area contributed by atoms with E-state index in [9.17, 15) is 13.0 Å². The van der Waals surface area contributed by atoms with E-state index >= 15 is 0 Å². The third-order valence-electron chi connectivity index (χ3n) is 1.53. The molecular weight excluding hydrogens is 314 g/mol. The molecule has 17 heavy (non-hydrogen) atoms. The van der Waals surface area contributed by atoms with E-state index in [1.165, 1.54) is 18.2 Å². The molecular formula is C7H7Cl2O6PS. The lowest BCUT2D eigenvalue weighted by atomic mass is 10.4. The molecule has 0 aliphatic heterocycles. The van der Waals surface area contributed by atoms with Gasteiger partial charge in [0.05, 0.1) is 10.0 Å². The van der Waals surface area contributed by atoms with Crippen LogP contribution < -0.4 is 0 Å². The molecule has 0 radical (unpaired) electrons. The van der Waals surface area contributed by atoms with E-state index in [1.54, 1.807) is 0 Å².